The van der Waals surface area contributed by atoms with Gasteiger partial charge in [0.2, 0.25) is 5.91 Å². The van der Waals surface area contributed by atoms with Crippen LogP contribution in [-0.4, -0.2) is 40.4 Å². The van der Waals surface area contributed by atoms with E-state index >= 15 is 0 Å². The van der Waals surface area contributed by atoms with E-state index in [9.17, 15) is 9.59 Å². The lowest BCUT2D eigenvalue weighted by Gasteiger charge is -2.06. The van der Waals surface area contributed by atoms with Crippen molar-refractivity contribution in [3.8, 4) is 0 Å². The number of amides is 2. The molecule has 1 aromatic rings. The fourth-order valence-corrected chi connectivity index (χ4v) is 1.67. The molecule has 1 unspecified atom stereocenters. The topological polar surface area (TPSA) is 116 Å². The van der Waals surface area contributed by atoms with Gasteiger partial charge in [-0.25, -0.2) is 10.9 Å². The minimum Gasteiger partial charge on any atom is -0.396 e. The second-order valence-corrected chi connectivity index (χ2v) is 3.99. The van der Waals surface area contributed by atoms with E-state index in [-0.39, 0.29) is 18.7 Å². The smallest absolute Gasteiger partial charge is 0.288 e. The third-order valence-corrected chi connectivity index (χ3v) is 2.63. The number of aliphatic hydroxyl groups excluding tert-OH is 1. The zero-order valence-corrected chi connectivity index (χ0v) is 10.5. The summed E-state index contributed by atoms with van der Waals surface area (Å²) < 4.78 is 0. The molecule has 1 aromatic heterocycles. The average Bonchev–Trinajstić information content (AvgIpc) is 2.82. The third-order valence-electron chi connectivity index (χ3n) is 2.63. The van der Waals surface area contributed by atoms with Crippen molar-refractivity contribution >= 4 is 23.7 Å². The van der Waals surface area contributed by atoms with Crippen LogP contribution in [0.25, 0.3) is 0 Å². The molecule has 1 aliphatic heterocycles. The Kier molecular flexibility index (Phi) is 4.51. The maximum Gasteiger partial charge on any atom is 0.288 e. The second-order valence-electron chi connectivity index (χ2n) is 3.99. The summed E-state index contributed by atoms with van der Waals surface area (Å²) in [6.07, 6.45) is 3.12. The number of rotatable bonds is 5. The van der Waals surface area contributed by atoms with Crippen LogP contribution in [0.2, 0.25) is 0 Å². The number of aromatic nitrogens is 1. The first-order valence-corrected chi connectivity index (χ1v) is 5.95. The standard InChI is InChI=1S/C12H13N5O3/c18-6-4-9-10(15-17-11(9)19)12(20)16-14-7-8-3-1-2-5-13-8/h1-3,5,7,9,18H,4,6H2,(H,16,20)(H,17,19)/b14-7+. The van der Waals surface area contributed by atoms with Crippen molar-refractivity contribution < 1.29 is 14.7 Å². The van der Waals surface area contributed by atoms with Crippen molar-refractivity contribution in [2.24, 2.45) is 16.1 Å². The van der Waals surface area contributed by atoms with Gasteiger partial charge >= 0.3 is 0 Å². The summed E-state index contributed by atoms with van der Waals surface area (Å²) in [6, 6.07) is 5.28. The Labute approximate surface area is 114 Å². The molecule has 104 valence electrons. The van der Waals surface area contributed by atoms with Crippen LogP contribution in [0.15, 0.2) is 34.6 Å². The van der Waals surface area contributed by atoms with Crippen molar-refractivity contribution in [1.29, 1.82) is 0 Å². The van der Waals surface area contributed by atoms with Crippen LogP contribution >= 0.6 is 0 Å². The Bertz CT molecular complexity index is 555. The Balaban J connectivity index is 1.95. The van der Waals surface area contributed by atoms with E-state index in [1.165, 1.54) is 6.21 Å². The van der Waals surface area contributed by atoms with Crippen LogP contribution in [-0.2, 0) is 9.59 Å². The maximum absolute atomic E-state index is 11.8. The molecule has 0 saturated heterocycles. The quantitative estimate of drug-likeness (QED) is 0.473. The van der Waals surface area contributed by atoms with Gasteiger partial charge in [0.25, 0.3) is 5.91 Å². The average molecular weight is 275 g/mol. The zero-order valence-electron chi connectivity index (χ0n) is 10.5. The van der Waals surface area contributed by atoms with E-state index in [0.29, 0.717) is 5.69 Å². The first-order chi connectivity index (χ1) is 9.72. The minimum atomic E-state index is -0.745. The predicted molar refractivity (Wildman–Crippen MR) is 70.7 cm³/mol. The molecule has 3 N–H and O–H groups in total. The van der Waals surface area contributed by atoms with E-state index in [1.54, 1.807) is 24.4 Å². The van der Waals surface area contributed by atoms with Crippen LogP contribution in [0.4, 0.5) is 0 Å². The molecule has 0 bridgehead atoms. The Morgan fingerprint density at radius 3 is 3.10 bits per heavy atom. The van der Waals surface area contributed by atoms with Crippen molar-refractivity contribution in [1.82, 2.24) is 15.8 Å². The first kappa shape index (κ1) is 13.8. The maximum atomic E-state index is 11.8. The number of hydrogen-bond acceptors (Lipinski definition) is 6. The van der Waals surface area contributed by atoms with Gasteiger partial charge in [0, 0.05) is 12.8 Å². The largest absolute Gasteiger partial charge is 0.396 e. The van der Waals surface area contributed by atoms with Gasteiger partial charge in [-0.15, -0.1) is 0 Å². The molecule has 0 aliphatic carbocycles. The molecule has 2 heterocycles. The highest BCUT2D eigenvalue weighted by Crippen LogP contribution is 2.11. The fraction of sp³-hybridized carbons (Fsp3) is 0.250. The Morgan fingerprint density at radius 1 is 1.55 bits per heavy atom. The van der Waals surface area contributed by atoms with Crippen molar-refractivity contribution in [2.75, 3.05) is 6.61 Å². The molecule has 0 fully saturated rings. The van der Waals surface area contributed by atoms with Crippen molar-refractivity contribution in [3.63, 3.8) is 0 Å². The second kappa shape index (κ2) is 6.53. The molecule has 2 rings (SSSR count). The number of hydrogen-bond donors (Lipinski definition) is 3. The number of hydrazone groups is 2. The molecule has 0 saturated carbocycles. The molecule has 2 amide bonds. The monoisotopic (exact) mass is 275 g/mol. The number of carbonyl (C=O) groups excluding carboxylic acids is 2. The normalized spacial score (nSPS) is 17.9. The van der Waals surface area contributed by atoms with Crippen molar-refractivity contribution in [3.05, 3.63) is 30.1 Å². The molecule has 0 radical (unpaired) electrons. The summed E-state index contributed by atoms with van der Waals surface area (Å²) >= 11 is 0. The van der Waals surface area contributed by atoms with Crippen LogP contribution in [0, 0.1) is 5.92 Å². The molecule has 8 heteroatoms. The van der Waals surface area contributed by atoms with Crippen LogP contribution in [0.1, 0.15) is 12.1 Å². The SMILES string of the molecule is O=C(N/N=C/c1ccccn1)C1=NNC(=O)C1CCO. The van der Waals surface area contributed by atoms with Gasteiger partial charge in [0.1, 0.15) is 5.71 Å². The molecule has 20 heavy (non-hydrogen) atoms. The molecule has 0 aromatic carbocycles. The zero-order chi connectivity index (χ0) is 14.4. The van der Waals surface area contributed by atoms with Gasteiger partial charge in [-0.2, -0.15) is 10.2 Å². The highest BCUT2D eigenvalue weighted by Gasteiger charge is 2.33. The molecule has 1 atom stereocenters. The van der Waals surface area contributed by atoms with Gasteiger partial charge in [-0.3, -0.25) is 14.6 Å². The lowest BCUT2D eigenvalue weighted by atomic mass is 10.00. The molecule has 8 nitrogen and oxygen atoms in total. The summed E-state index contributed by atoms with van der Waals surface area (Å²) in [6.45, 7) is -0.207. The summed E-state index contributed by atoms with van der Waals surface area (Å²) in [7, 11) is 0. The molecular weight excluding hydrogens is 262 g/mol. The van der Waals surface area contributed by atoms with E-state index < -0.39 is 17.7 Å². The lowest BCUT2D eigenvalue weighted by Crippen LogP contribution is -2.34. The number of aliphatic hydroxyl groups is 1. The molecule has 0 spiro atoms. The van der Waals surface area contributed by atoms with Crippen molar-refractivity contribution in [2.45, 2.75) is 6.42 Å². The third kappa shape index (κ3) is 3.23. The molecular formula is C12H13N5O3. The van der Waals surface area contributed by atoms with Crippen LogP contribution in [0.3, 0.4) is 0 Å². The van der Waals surface area contributed by atoms with Crippen LogP contribution in [0.5, 0.6) is 0 Å². The van der Waals surface area contributed by atoms with Gasteiger partial charge in [-0.1, -0.05) is 6.07 Å². The lowest BCUT2D eigenvalue weighted by molar-refractivity contribution is -0.123. The summed E-state index contributed by atoms with van der Waals surface area (Å²) in [4.78, 5) is 27.2. The Hall–Kier alpha value is -2.61. The first-order valence-electron chi connectivity index (χ1n) is 5.95. The van der Waals surface area contributed by atoms with Gasteiger partial charge in [0.15, 0.2) is 0 Å². The van der Waals surface area contributed by atoms with Gasteiger partial charge in [-0.05, 0) is 18.6 Å². The number of nitrogens with zero attached hydrogens (tertiary/aromatic N) is 3. The summed E-state index contributed by atoms with van der Waals surface area (Å²) in [5.74, 6) is -1.74. The van der Waals surface area contributed by atoms with E-state index in [2.05, 4.69) is 26.0 Å². The Morgan fingerprint density at radius 2 is 2.40 bits per heavy atom. The minimum absolute atomic E-state index is 0.0159. The summed E-state index contributed by atoms with van der Waals surface area (Å²) in [5, 5.41) is 16.2. The van der Waals surface area contributed by atoms with E-state index in [0.717, 1.165) is 0 Å². The fourth-order valence-electron chi connectivity index (χ4n) is 1.67. The van der Waals surface area contributed by atoms with E-state index in [4.69, 9.17) is 5.11 Å². The van der Waals surface area contributed by atoms with Crippen LogP contribution < -0.4 is 10.9 Å². The van der Waals surface area contributed by atoms with E-state index in [1.807, 2.05) is 0 Å². The number of pyridine rings is 1. The molecule has 1 aliphatic rings. The van der Waals surface area contributed by atoms with Gasteiger partial charge < -0.3 is 5.11 Å². The predicted octanol–water partition coefficient (Wildman–Crippen LogP) is -0.984. The highest BCUT2D eigenvalue weighted by atomic mass is 16.3. The summed E-state index contributed by atoms with van der Waals surface area (Å²) in [5.41, 5.74) is 5.08. The number of nitrogens with one attached hydrogen (secondary N) is 2. The van der Waals surface area contributed by atoms with Gasteiger partial charge in [0.05, 0.1) is 17.8 Å². The number of carbonyl (C=O) groups is 2. The highest BCUT2D eigenvalue weighted by molar-refractivity contribution is 6.44.